The second-order valence-electron chi connectivity index (χ2n) is 7.10. The largest absolute Gasteiger partial charge is 0.346 e. The number of imidazole rings is 1. The highest BCUT2D eigenvalue weighted by atomic mass is 35.5. The second kappa shape index (κ2) is 8.99. The fourth-order valence-electron chi connectivity index (χ4n) is 3.16. The van der Waals surface area contributed by atoms with Gasteiger partial charge in [0.2, 0.25) is 0 Å². The molecule has 3 heterocycles. The van der Waals surface area contributed by atoms with Gasteiger partial charge in [-0.3, -0.25) is 14.5 Å². The maximum Gasteiger partial charge on any atom is 0.271 e. The van der Waals surface area contributed by atoms with E-state index < -0.39 is 5.82 Å². The lowest BCUT2D eigenvalue weighted by Crippen LogP contribution is -2.36. The summed E-state index contributed by atoms with van der Waals surface area (Å²) < 4.78 is 17.4. The minimum absolute atomic E-state index is 0.0309. The van der Waals surface area contributed by atoms with Crippen molar-refractivity contribution < 1.29 is 9.18 Å². The van der Waals surface area contributed by atoms with E-state index in [4.69, 9.17) is 16.9 Å². The van der Waals surface area contributed by atoms with E-state index in [9.17, 15) is 9.18 Å². The number of benzene rings is 1. The number of hydrogen-bond donors (Lipinski definition) is 1. The van der Waals surface area contributed by atoms with Crippen molar-refractivity contribution in [3.8, 4) is 23.0 Å². The zero-order chi connectivity index (χ0) is 22.7. The summed E-state index contributed by atoms with van der Waals surface area (Å²) in [6.07, 6.45) is 8.25. The molecule has 0 radical (unpaired) electrons. The third kappa shape index (κ3) is 4.50. The van der Waals surface area contributed by atoms with Crippen LogP contribution < -0.4 is 5.32 Å². The van der Waals surface area contributed by atoms with Crippen LogP contribution in [0, 0.1) is 17.1 Å². The van der Waals surface area contributed by atoms with Crippen LogP contribution in [0.25, 0.3) is 16.9 Å². The van der Waals surface area contributed by atoms with Crippen molar-refractivity contribution >= 4 is 17.5 Å². The van der Waals surface area contributed by atoms with Gasteiger partial charge in [-0.1, -0.05) is 11.6 Å². The summed E-state index contributed by atoms with van der Waals surface area (Å²) in [6.45, 7) is 2.23. The van der Waals surface area contributed by atoms with Crippen molar-refractivity contribution in [1.82, 2.24) is 29.6 Å². The zero-order valence-corrected chi connectivity index (χ0v) is 17.7. The van der Waals surface area contributed by atoms with Crippen LogP contribution in [0.15, 0.2) is 61.4 Å². The summed E-state index contributed by atoms with van der Waals surface area (Å²) in [5.74, 6) is -1.01. The van der Waals surface area contributed by atoms with Gasteiger partial charge < -0.3 is 9.88 Å². The van der Waals surface area contributed by atoms with Gasteiger partial charge in [-0.2, -0.15) is 10.4 Å². The molecule has 4 aromatic rings. The smallest absolute Gasteiger partial charge is 0.271 e. The van der Waals surface area contributed by atoms with E-state index in [2.05, 4.69) is 20.4 Å². The maximum absolute atomic E-state index is 14.0. The van der Waals surface area contributed by atoms with Crippen molar-refractivity contribution in [2.75, 3.05) is 0 Å². The Bertz CT molecular complexity index is 1290. The molecule has 0 aliphatic carbocycles. The number of carbonyl (C=O) groups excluding carboxylic acids is 1. The van der Waals surface area contributed by atoms with Crippen LogP contribution in [0.4, 0.5) is 4.39 Å². The van der Waals surface area contributed by atoms with Gasteiger partial charge in [0.15, 0.2) is 0 Å². The van der Waals surface area contributed by atoms with Gasteiger partial charge in [0.1, 0.15) is 29.5 Å². The van der Waals surface area contributed by atoms with Gasteiger partial charge in [-0.25, -0.2) is 9.37 Å². The lowest BCUT2D eigenvalue weighted by atomic mass is 10.1. The number of nitriles is 1. The lowest BCUT2D eigenvalue weighted by molar-refractivity contribution is 0.0931. The second-order valence-corrected chi connectivity index (χ2v) is 7.51. The number of hydrogen-bond acceptors (Lipinski definition) is 5. The number of nitrogens with zero attached hydrogens (tertiary/aromatic N) is 6. The number of pyridine rings is 1. The van der Waals surface area contributed by atoms with Crippen LogP contribution in [0.1, 0.15) is 23.0 Å². The van der Waals surface area contributed by atoms with Gasteiger partial charge in [-0.15, -0.1) is 0 Å². The molecule has 1 atom stereocenters. The zero-order valence-electron chi connectivity index (χ0n) is 16.9. The highest BCUT2D eigenvalue weighted by molar-refractivity contribution is 6.32. The molecule has 3 aromatic heterocycles. The SMILES string of the molecule is CC(Cn1ccc(-c2cc(F)c(C#N)c(Cl)c2)n1)NC(=O)c1cn(-c2cccnc2)cn1. The molecule has 32 heavy (non-hydrogen) atoms. The normalized spacial score (nSPS) is 11.7. The van der Waals surface area contributed by atoms with Gasteiger partial charge in [-0.05, 0) is 37.3 Å². The van der Waals surface area contributed by atoms with Crippen LogP contribution in [0.5, 0.6) is 0 Å². The quantitative estimate of drug-likeness (QED) is 0.484. The number of carbonyl (C=O) groups is 1. The fraction of sp³-hybridized carbons (Fsp3) is 0.136. The first-order valence-electron chi connectivity index (χ1n) is 9.63. The van der Waals surface area contributed by atoms with E-state index in [0.717, 1.165) is 5.69 Å². The predicted octanol–water partition coefficient (Wildman–Crippen LogP) is 3.61. The Kier molecular flexibility index (Phi) is 5.96. The summed E-state index contributed by atoms with van der Waals surface area (Å²) in [6, 6.07) is 9.58. The minimum atomic E-state index is -0.698. The molecular formula is C22H17ClFN7O. The summed E-state index contributed by atoms with van der Waals surface area (Å²) in [7, 11) is 0. The Balaban J connectivity index is 1.41. The van der Waals surface area contributed by atoms with Crippen molar-refractivity contribution in [2.45, 2.75) is 19.5 Å². The molecule has 0 fully saturated rings. The molecule has 0 saturated heterocycles. The molecule has 0 bridgehead atoms. The molecule has 8 nitrogen and oxygen atoms in total. The number of halogens is 2. The van der Waals surface area contributed by atoms with Crippen LogP contribution >= 0.6 is 11.6 Å². The molecule has 1 amide bonds. The average molecular weight is 450 g/mol. The molecule has 0 aliphatic heterocycles. The van der Waals surface area contributed by atoms with Crippen molar-refractivity contribution in [3.05, 3.63) is 83.5 Å². The molecule has 0 aliphatic rings. The van der Waals surface area contributed by atoms with Gasteiger partial charge >= 0.3 is 0 Å². The Morgan fingerprint density at radius 1 is 1.38 bits per heavy atom. The van der Waals surface area contributed by atoms with Crippen molar-refractivity contribution in [2.24, 2.45) is 0 Å². The molecular weight excluding hydrogens is 433 g/mol. The monoisotopic (exact) mass is 449 g/mol. The highest BCUT2D eigenvalue weighted by Gasteiger charge is 2.15. The van der Waals surface area contributed by atoms with E-state index in [0.29, 0.717) is 17.8 Å². The number of rotatable bonds is 6. The molecule has 0 spiro atoms. The van der Waals surface area contributed by atoms with Crippen molar-refractivity contribution in [3.63, 3.8) is 0 Å². The third-order valence-electron chi connectivity index (χ3n) is 4.69. The molecule has 1 unspecified atom stereocenters. The van der Waals surface area contributed by atoms with Crippen molar-refractivity contribution in [1.29, 1.82) is 5.26 Å². The number of nitrogens with one attached hydrogen (secondary N) is 1. The minimum Gasteiger partial charge on any atom is -0.346 e. The Hall–Kier alpha value is -4.03. The molecule has 0 saturated carbocycles. The highest BCUT2D eigenvalue weighted by Crippen LogP contribution is 2.26. The van der Waals surface area contributed by atoms with Gasteiger partial charge in [0, 0.05) is 30.2 Å². The molecule has 1 aromatic carbocycles. The van der Waals surface area contributed by atoms with Crippen LogP contribution in [-0.4, -0.2) is 36.3 Å². The molecule has 160 valence electrons. The topological polar surface area (TPSA) is 101 Å². The first-order valence-corrected chi connectivity index (χ1v) is 10.0. The fourth-order valence-corrected chi connectivity index (χ4v) is 3.41. The summed E-state index contributed by atoms with van der Waals surface area (Å²) in [4.78, 5) is 20.7. The lowest BCUT2D eigenvalue weighted by Gasteiger charge is -2.13. The van der Waals surface area contributed by atoms with Crippen LogP contribution in [0.3, 0.4) is 0 Å². The van der Waals surface area contributed by atoms with Crippen LogP contribution in [0.2, 0.25) is 5.02 Å². The molecule has 10 heteroatoms. The average Bonchev–Trinajstić information content (AvgIpc) is 3.44. The third-order valence-corrected chi connectivity index (χ3v) is 4.99. The number of aromatic nitrogens is 5. The summed E-state index contributed by atoms with van der Waals surface area (Å²) >= 11 is 5.98. The Morgan fingerprint density at radius 2 is 2.22 bits per heavy atom. The molecule has 1 N–H and O–H groups in total. The first kappa shape index (κ1) is 21.2. The summed E-state index contributed by atoms with van der Waals surface area (Å²) in [5, 5.41) is 16.3. The van der Waals surface area contributed by atoms with E-state index in [1.165, 1.54) is 12.1 Å². The predicted molar refractivity (Wildman–Crippen MR) is 116 cm³/mol. The Morgan fingerprint density at radius 3 is 2.94 bits per heavy atom. The van der Waals surface area contributed by atoms with E-state index in [1.54, 1.807) is 58.6 Å². The summed E-state index contributed by atoms with van der Waals surface area (Å²) in [5.41, 5.74) is 1.85. The van der Waals surface area contributed by atoms with Gasteiger partial charge in [0.25, 0.3) is 5.91 Å². The molecule has 4 rings (SSSR count). The van der Waals surface area contributed by atoms with E-state index >= 15 is 0 Å². The standard InChI is InChI=1S/C22H17ClFN7O/c1-14(28-22(32)21-12-30(13-27-21)16-3-2-5-26-10-16)11-31-6-4-20(29-31)15-7-18(23)17(9-25)19(24)8-15/h2-8,10,12-14H,11H2,1H3,(H,28,32). The van der Waals surface area contributed by atoms with Gasteiger partial charge in [0.05, 0.1) is 29.1 Å². The first-order chi connectivity index (χ1) is 15.4. The van der Waals surface area contributed by atoms with Crippen LogP contribution in [-0.2, 0) is 6.54 Å². The number of amides is 1. The van der Waals surface area contributed by atoms with E-state index in [-0.39, 0.29) is 28.2 Å². The Labute approximate surface area is 187 Å². The maximum atomic E-state index is 14.0. The van der Waals surface area contributed by atoms with E-state index in [1.807, 2.05) is 13.0 Å².